The number of fused-ring (bicyclic) bond motifs is 1. The lowest BCUT2D eigenvalue weighted by Crippen LogP contribution is -2.26. The van der Waals surface area contributed by atoms with E-state index in [9.17, 15) is 28.6 Å². The van der Waals surface area contributed by atoms with Gasteiger partial charge < -0.3 is 34.8 Å². The standard InChI is InChI=1S/C14H23N4O12P3/c1-3-8-5-18(14-12(8)13(15)16-7-17-14)11-4-9(19)10(28-11)6-27-32(22,23)30-33(24,25)29-31(20,21)26-2/h5,7,9-11,19H,3-4,6H2,1-2H3,(H,20,21)(H,22,23)(H,24,25)(H2,15,16,17)/t9-,10-,11-/m1/s1. The summed E-state index contributed by atoms with van der Waals surface area (Å²) < 4.78 is 58.5. The van der Waals surface area contributed by atoms with Gasteiger partial charge in [-0.1, -0.05) is 6.92 Å². The van der Waals surface area contributed by atoms with Crippen molar-refractivity contribution in [1.82, 2.24) is 14.5 Å². The highest BCUT2D eigenvalue weighted by Gasteiger charge is 2.43. The molecule has 2 aromatic heterocycles. The van der Waals surface area contributed by atoms with Crippen LogP contribution in [0.25, 0.3) is 11.0 Å². The van der Waals surface area contributed by atoms with E-state index in [4.69, 9.17) is 15.4 Å². The van der Waals surface area contributed by atoms with Crippen LogP contribution >= 0.6 is 23.5 Å². The molecule has 1 aliphatic rings. The van der Waals surface area contributed by atoms with Crippen LogP contribution in [0.2, 0.25) is 0 Å². The summed E-state index contributed by atoms with van der Waals surface area (Å²) in [6.45, 7) is 1.18. The van der Waals surface area contributed by atoms with Gasteiger partial charge in [0.05, 0.1) is 18.1 Å². The van der Waals surface area contributed by atoms with Crippen molar-refractivity contribution in [3.8, 4) is 0 Å². The summed E-state index contributed by atoms with van der Waals surface area (Å²) in [6.07, 6.45) is 0.689. The Morgan fingerprint density at radius 1 is 1.18 bits per heavy atom. The van der Waals surface area contributed by atoms with Crippen LogP contribution in [-0.4, -0.2) is 60.2 Å². The lowest BCUT2D eigenvalue weighted by atomic mass is 10.2. The van der Waals surface area contributed by atoms with Gasteiger partial charge in [0.1, 0.15) is 30.1 Å². The van der Waals surface area contributed by atoms with Crippen molar-refractivity contribution in [3.05, 3.63) is 18.1 Å². The van der Waals surface area contributed by atoms with E-state index in [1.165, 1.54) is 6.33 Å². The zero-order chi connectivity index (χ0) is 24.6. The van der Waals surface area contributed by atoms with Crippen molar-refractivity contribution in [2.24, 2.45) is 0 Å². The van der Waals surface area contributed by atoms with Crippen LogP contribution in [0.4, 0.5) is 5.82 Å². The Morgan fingerprint density at radius 3 is 2.48 bits per heavy atom. The molecule has 3 unspecified atom stereocenters. The molecule has 6 N–H and O–H groups in total. The number of anilines is 1. The molecular weight excluding hydrogens is 509 g/mol. The predicted molar refractivity (Wildman–Crippen MR) is 110 cm³/mol. The third-order valence-corrected chi connectivity index (χ3v) is 8.90. The van der Waals surface area contributed by atoms with Gasteiger partial charge in [0.2, 0.25) is 0 Å². The zero-order valence-electron chi connectivity index (χ0n) is 17.3. The first kappa shape index (κ1) is 26.4. The summed E-state index contributed by atoms with van der Waals surface area (Å²) in [6, 6.07) is 0. The van der Waals surface area contributed by atoms with Crippen molar-refractivity contribution in [2.45, 2.75) is 38.2 Å². The molecule has 0 spiro atoms. The number of nitrogen functional groups attached to an aromatic ring is 1. The van der Waals surface area contributed by atoms with Crippen LogP contribution in [0.15, 0.2) is 12.5 Å². The lowest BCUT2D eigenvalue weighted by molar-refractivity contribution is -0.0422. The normalized spacial score (nSPS) is 26.7. The molecule has 2 aromatic rings. The molecule has 0 aliphatic carbocycles. The Hall–Kier alpha value is -1.25. The maximum absolute atomic E-state index is 12.0. The third kappa shape index (κ3) is 6.25. The summed E-state index contributed by atoms with van der Waals surface area (Å²) in [5, 5.41) is 11.0. The largest absolute Gasteiger partial charge is 0.490 e. The average Bonchev–Trinajstić information content (AvgIpc) is 3.25. The monoisotopic (exact) mass is 532 g/mol. The number of ether oxygens (including phenoxy) is 1. The van der Waals surface area contributed by atoms with Crippen molar-refractivity contribution < 1.29 is 55.9 Å². The summed E-state index contributed by atoms with van der Waals surface area (Å²) in [5.41, 5.74) is 7.27. The first-order chi connectivity index (χ1) is 15.3. The second kappa shape index (κ2) is 9.78. The second-order valence-corrected chi connectivity index (χ2v) is 11.6. The molecule has 1 fully saturated rings. The second-order valence-electron chi connectivity index (χ2n) is 6.85. The minimum absolute atomic E-state index is 0.0601. The highest BCUT2D eigenvalue weighted by atomic mass is 31.3. The number of phosphoric acid groups is 3. The highest BCUT2D eigenvalue weighted by Crippen LogP contribution is 2.67. The number of aromatic nitrogens is 3. The molecule has 186 valence electrons. The van der Waals surface area contributed by atoms with Crippen molar-refractivity contribution in [3.63, 3.8) is 0 Å². The molecule has 0 aromatic carbocycles. The fourth-order valence-corrected chi connectivity index (χ4v) is 6.47. The van der Waals surface area contributed by atoms with Crippen molar-refractivity contribution in [2.75, 3.05) is 19.5 Å². The number of nitrogens with zero attached hydrogens (tertiary/aromatic N) is 3. The third-order valence-electron chi connectivity index (χ3n) is 4.66. The van der Waals surface area contributed by atoms with E-state index in [1.54, 1.807) is 10.8 Å². The van der Waals surface area contributed by atoms with Gasteiger partial charge in [-0.15, -0.1) is 0 Å². The highest BCUT2D eigenvalue weighted by molar-refractivity contribution is 7.66. The van der Waals surface area contributed by atoms with Gasteiger partial charge in [-0.3, -0.25) is 9.05 Å². The topological polar surface area (TPSA) is 235 Å². The Labute approximate surface area is 187 Å². The number of aryl methyl sites for hydroxylation is 1. The van der Waals surface area contributed by atoms with E-state index in [0.717, 1.165) is 5.56 Å². The van der Waals surface area contributed by atoms with Gasteiger partial charge >= 0.3 is 23.5 Å². The number of hydrogen-bond acceptors (Lipinski definition) is 12. The van der Waals surface area contributed by atoms with E-state index in [2.05, 4.69) is 27.6 Å². The SMILES string of the molecule is CCc1cn([C@H]2C[C@@H](O)[C@@H](COP(=O)(O)OP(=O)(O)OP(=O)(O)OC)O2)c2ncnc(N)c12. The molecule has 1 saturated heterocycles. The summed E-state index contributed by atoms with van der Waals surface area (Å²) in [4.78, 5) is 36.3. The zero-order valence-corrected chi connectivity index (χ0v) is 20.0. The molecule has 3 heterocycles. The van der Waals surface area contributed by atoms with Crippen LogP contribution < -0.4 is 5.73 Å². The molecule has 0 bridgehead atoms. The van der Waals surface area contributed by atoms with E-state index < -0.39 is 48.5 Å². The molecule has 16 nitrogen and oxygen atoms in total. The Bertz CT molecular complexity index is 1160. The average molecular weight is 532 g/mol. The van der Waals surface area contributed by atoms with E-state index in [-0.39, 0.29) is 12.2 Å². The van der Waals surface area contributed by atoms with E-state index in [0.29, 0.717) is 24.6 Å². The van der Waals surface area contributed by atoms with Gasteiger partial charge in [0, 0.05) is 19.7 Å². The van der Waals surface area contributed by atoms with Gasteiger partial charge in [-0.05, 0) is 12.0 Å². The molecule has 0 saturated carbocycles. The first-order valence-corrected chi connectivity index (χ1v) is 13.8. The van der Waals surface area contributed by atoms with Crippen LogP contribution in [0.3, 0.4) is 0 Å². The minimum atomic E-state index is -5.53. The summed E-state index contributed by atoms with van der Waals surface area (Å²) >= 11 is 0. The molecule has 0 radical (unpaired) electrons. The van der Waals surface area contributed by atoms with Crippen molar-refractivity contribution in [1.29, 1.82) is 0 Å². The molecule has 3 rings (SSSR count). The van der Waals surface area contributed by atoms with E-state index in [1.807, 2.05) is 6.92 Å². The van der Waals surface area contributed by atoms with Crippen molar-refractivity contribution >= 4 is 40.3 Å². The number of aliphatic hydroxyl groups is 1. The van der Waals surface area contributed by atoms with Gasteiger partial charge in [0.15, 0.2) is 0 Å². The maximum Gasteiger partial charge on any atom is 0.490 e. The van der Waals surface area contributed by atoms with Gasteiger partial charge in [-0.25, -0.2) is 23.7 Å². The number of aliphatic hydroxyl groups excluding tert-OH is 1. The molecule has 0 amide bonds. The van der Waals surface area contributed by atoms with Gasteiger partial charge in [-0.2, -0.15) is 8.62 Å². The quantitative estimate of drug-likeness (QED) is 0.271. The summed E-state index contributed by atoms with van der Waals surface area (Å²) in [5.74, 6) is 0.281. The van der Waals surface area contributed by atoms with E-state index >= 15 is 0 Å². The molecular formula is C14H23N4O12P3. The Morgan fingerprint density at radius 2 is 1.85 bits per heavy atom. The molecule has 19 heteroatoms. The fourth-order valence-electron chi connectivity index (χ4n) is 3.21. The number of nitrogens with two attached hydrogens (primary N) is 1. The van der Waals surface area contributed by atoms with Crippen LogP contribution in [0, 0.1) is 0 Å². The lowest BCUT2D eigenvalue weighted by Gasteiger charge is -2.20. The van der Waals surface area contributed by atoms with Crippen LogP contribution in [0.5, 0.6) is 0 Å². The Balaban J connectivity index is 1.68. The maximum atomic E-state index is 12.0. The number of hydrogen-bond donors (Lipinski definition) is 5. The van der Waals surface area contributed by atoms with Crippen LogP contribution in [-0.2, 0) is 42.5 Å². The predicted octanol–water partition coefficient (Wildman–Crippen LogP) is 1.22. The minimum Gasteiger partial charge on any atom is -0.390 e. The summed E-state index contributed by atoms with van der Waals surface area (Å²) in [7, 11) is -15.1. The molecule has 1 aliphatic heterocycles. The molecule has 6 atom stereocenters. The fraction of sp³-hybridized carbons (Fsp3) is 0.571. The number of rotatable bonds is 10. The smallest absolute Gasteiger partial charge is 0.390 e. The number of phosphoric ester groups is 2. The molecule has 33 heavy (non-hydrogen) atoms. The first-order valence-electron chi connectivity index (χ1n) is 9.32. The van der Waals surface area contributed by atoms with Crippen LogP contribution in [0.1, 0.15) is 25.1 Å². The Kier molecular flexibility index (Phi) is 7.81. The van der Waals surface area contributed by atoms with Gasteiger partial charge in [0.25, 0.3) is 0 Å².